The standard InChI is InChI=1S/C51H35F3N4O2S3/c52-51(53,54)45-43(56-48(63-45)57-49(35-20-6-1-7-21-35,36-22-8-2-9-23-36)37-24-10-3-11-25-37)44(47(59)61)58-60-50(38-26-12-4-13-27-38,39-28-14-5-15-29-39)40-30-18-19-34(33-40)46-55-41-31-16-17-32-42(41)62-46/h1-33H,(H,56,57)(H,59,61)/p-1. The van der Waals surface area contributed by atoms with Crippen LogP contribution in [0.5, 0.6) is 0 Å². The lowest BCUT2D eigenvalue weighted by atomic mass is 9.77. The van der Waals surface area contributed by atoms with Crippen LogP contribution in [0.1, 0.15) is 44.0 Å². The van der Waals surface area contributed by atoms with Crippen molar-refractivity contribution in [2.75, 3.05) is 5.32 Å². The minimum Gasteiger partial charge on any atom is -0.735 e. The number of anilines is 1. The Morgan fingerprint density at radius 3 is 1.54 bits per heavy atom. The van der Waals surface area contributed by atoms with Crippen LogP contribution in [0.15, 0.2) is 205 Å². The molecule has 0 aliphatic rings. The molecular formula is C51H34F3N4O2S3-. The van der Waals surface area contributed by atoms with E-state index in [1.807, 2.05) is 200 Å². The molecule has 0 fully saturated rings. The van der Waals surface area contributed by atoms with Gasteiger partial charge >= 0.3 is 6.18 Å². The van der Waals surface area contributed by atoms with Crippen LogP contribution in [0.25, 0.3) is 20.8 Å². The number of rotatable bonds is 13. The summed E-state index contributed by atoms with van der Waals surface area (Å²) in [7, 11) is 0. The van der Waals surface area contributed by atoms with Gasteiger partial charge in [-0.2, -0.15) is 13.2 Å². The molecule has 1 N–H and O–H groups in total. The first-order chi connectivity index (χ1) is 30.7. The molecule has 0 atom stereocenters. The lowest BCUT2D eigenvalue weighted by Gasteiger charge is -2.36. The first kappa shape index (κ1) is 41.4. The fourth-order valence-corrected chi connectivity index (χ4v) is 9.81. The molecule has 0 aliphatic heterocycles. The summed E-state index contributed by atoms with van der Waals surface area (Å²) in [5.74, 6) is 0. The highest BCUT2D eigenvalue weighted by Crippen LogP contribution is 2.46. The Morgan fingerprint density at radius 1 is 0.571 bits per heavy atom. The first-order valence-electron chi connectivity index (χ1n) is 19.7. The van der Waals surface area contributed by atoms with E-state index in [-0.39, 0.29) is 5.13 Å². The van der Waals surface area contributed by atoms with Gasteiger partial charge < -0.3 is 27.6 Å². The van der Waals surface area contributed by atoms with Crippen LogP contribution >= 0.6 is 22.7 Å². The summed E-state index contributed by atoms with van der Waals surface area (Å²) in [6.45, 7) is 0. The van der Waals surface area contributed by atoms with Gasteiger partial charge in [0.25, 0.3) is 0 Å². The van der Waals surface area contributed by atoms with E-state index in [0.717, 1.165) is 37.5 Å². The summed E-state index contributed by atoms with van der Waals surface area (Å²) >= 11 is 7.08. The fraction of sp³-hybridized carbons (Fsp3) is 0.0588. The van der Waals surface area contributed by atoms with E-state index in [9.17, 15) is 4.79 Å². The summed E-state index contributed by atoms with van der Waals surface area (Å²) < 4.78 is 47.0. The Kier molecular flexibility index (Phi) is 11.4. The number of thiazole rings is 2. The van der Waals surface area contributed by atoms with Gasteiger partial charge in [0.05, 0.1) is 15.3 Å². The Hall–Kier alpha value is -6.99. The van der Waals surface area contributed by atoms with E-state index in [4.69, 9.17) is 22.5 Å². The number of benzene rings is 7. The molecule has 6 nitrogen and oxygen atoms in total. The lowest BCUT2D eigenvalue weighted by molar-refractivity contribution is -0.134. The van der Waals surface area contributed by atoms with Gasteiger partial charge in [0.1, 0.15) is 26.8 Å². The molecule has 9 aromatic rings. The second-order valence-corrected chi connectivity index (χ2v) is 16.9. The van der Waals surface area contributed by atoms with Crippen molar-refractivity contribution >= 4 is 61.5 Å². The molecule has 0 radical (unpaired) electrons. The molecule has 9 rings (SSSR count). The molecule has 2 heterocycles. The maximum atomic E-state index is 15.3. The number of para-hydroxylation sites is 1. The van der Waals surface area contributed by atoms with Crippen molar-refractivity contribution in [3.8, 4) is 10.6 Å². The average molecular weight is 888 g/mol. The van der Waals surface area contributed by atoms with E-state index in [0.29, 0.717) is 28.0 Å². The van der Waals surface area contributed by atoms with Gasteiger partial charge in [0.2, 0.25) is 5.60 Å². The SMILES string of the molecule is O=C([S-])C(=NOC(c1ccccc1)(c1ccccc1)c1cccc(-c2nc3ccccc3s2)c1)c1nc(NC(c2ccccc2)(c2ccccc2)c2ccccc2)sc1C(F)(F)F. The molecule has 0 saturated heterocycles. The van der Waals surface area contributed by atoms with Crippen LogP contribution in [0.3, 0.4) is 0 Å². The summed E-state index contributed by atoms with van der Waals surface area (Å²) in [4.78, 5) is 28.5. The monoisotopic (exact) mass is 887 g/mol. The Bertz CT molecular complexity index is 2870. The molecule has 12 heteroatoms. The largest absolute Gasteiger partial charge is 0.735 e. The number of halogens is 3. The highest BCUT2D eigenvalue weighted by Gasteiger charge is 2.44. The molecule has 310 valence electrons. The number of hydrogen-bond donors (Lipinski definition) is 1. The van der Waals surface area contributed by atoms with Crippen molar-refractivity contribution in [3.05, 3.63) is 244 Å². The van der Waals surface area contributed by atoms with E-state index in [1.165, 1.54) is 11.3 Å². The molecule has 7 aromatic carbocycles. The maximum absolute atomic E-state index is 15.3. The van der Waals surface area contributed by atoms with Crippen molar-refractivity contribution in [1.82, 2.24) is 9.97 Å². The Labute approximate surface area is 374 Å². The van der Waals surface area contributed by atoms with Crippen molar-refractivity contribution in [2.45, 2.75) is 17.3 Å². The number of nitrogens with zero attached hydrogens (tertiary/aromatic N) is 3. The van der Waals surface area contributed by atoms with Crippen LogP contribution in [-0.4, -0.2) is 20.8 Å². The Balaban J connectivity index is 1.23. The van der Waals surface area contributed by atoms with Crippen LogP contribution in [-0.2, 0) is 39.6 Å². The number of oxime groups is 1. The quantitative estimate of drug-likeness (QED) is 0.0538. The molecule has 0 amide bonds. The first-order valence-corrected chi connectivity index (χ1v) is 21.8. The second kappa shape index (κ2) is 17.4. The molecule has 0 aliphatic carbocycles. The van der Waals surface area contributed by atoms with Gasteiger partial charge in [-0.3, -0.25) is 0 Å². The van der Waals surface area contributed by atoms with E-state index in [1.54, 1.807) is 0 Å². The highest BCUT2D eigenvalue weighted by atomic mass is 32.1. The molecule has 0 unspecified atom stereocenters. The van der Waals surface area contributed by atoms with Crippen LogP contribution < -0.4 is 5.32 Å². The van der Waals surface area contributed by atoms with Gasteiger partial charge in [-0.15, -0.1) is 11.3 Å². The zero-order valence-corrected chi connectivity index (χ0v) is 35.5. The summed E-state index contributed by atoms with van der Waals surface area (Å²) in [6, 6.07) is 62.0. The summed E-state index contributed by atoms with van der Waals surface area (Å²) in [6.07, 6.45) is -4.96. The minimum atomic E-state index is -4.96. The number of fused-ring (bicyclic) bond motifs is 1. The van der Waals surface area contributed by atoms with Crippen molar-refractivity contribution < 1.29 is 22.8 Å². The fourth-order valence-electron chi connectivity index (χ4n) is 7.83. The lowest BCUT2D eigenvalue weighted by Crippen LogP contribution is -2.38. The number of carbonyl (C=O) groups excluding carboxylic acids is 1. The zero-order chi connectivity index (χ0) is 43.4. The van der Waals surface area contributed by atoms with Gasteiger partial charge in [-0.05, 0) is 34.9 Å². The number of nitrogens with one attached hydrogen (secondary N) is 1. The normalized spacial score (nSPS) is 12.3. The summed E-state index contributed by atoms with van der Waals surface area (Å²) in [5.41, 5.74) is 1.26. The third-order valence-corrected chi connectivity index (χ3v) is 13.0. The number of hydrogen-bond acceptors (Lipinski definition) is 9. The number of alkyl halides is 3. The van der Waals surface area contributed by atoms with Crippen molar-refractivity contribution in [1.29, 1.82) is 0 Å². The van der Waals surface area contributed by atoms with Gasteiger partial charge in [-0.1, -0.05) is 198 Å². The van der Waals surface area contributed by atoms with E-state index >= 15 is 13.2 Å². The predicted octanol–water partition coefficient (Wildman–Crippen LogP) is 12.6. The van der Waals surface area contributed by atoms with Crippen LogP contribution in [0, 0.1) is 0 Å². The zero-order valence-electron chi connectivity index (χ0n) is 33.1. The molecule has 63 heavy (non-hydrogen) atoms. The molecule has 0 bridgehead atoms. The topological polar surface area (TPSA) is 76.5 Å². The van der Waals surface area contributed by atoms with E-state index < -0.39 is 38.7 Å². The molecular weight excluding hydrogens is 854 g/mol. The molecule has 0 saturated carbocycles. The van der Waals surface area contributed by atoms with Gasteiger partial charge in [0, 0.05) is 22.3 Å². The smallest absolute Gasteiger partial charge is 0.427 e. The van der Waals surface area contributed by atoms with Crippen molar-refractivity contribution in [2.24, 2.45) is 5.16 Å². The van der Waals surface area contributed by atoms with Crippen molar-refractivity contribution in [3.63, 3.8) is 0 Å². The highest BCUT2D eigenvalue weighted by molar-refractivity contribution is 7.80. The van der Waals surface area contributed by atoms with E-state index in [2.05, 4.69) is 15.5 Å². The number of carbonyl (C=O) groups is 1. The third-order valence-electron chi connectivity index (χ3n) is 10.7. The second-order valence-electron chi connectivity index (χ2n) is 14.5. The van der Waals surface area contributed by atoms with Crippen LogP contribution in [0.4, 0.5) is 18.3 Å². The number of aromatic nitrogens is 2. The molecule has 2 aromatic heterocycles. The molecule has 0 spiro atoms. The third kappa shape index (κ3) is 8.00. The van der Waals surface area contributed by atoms with Crippen LogP contribution in [0.2, 0.25) is 0 Å². The average Bonchev–Trinajstić information content (AvgIpc) is 3.96. The van der Waals surface area contributed by atoms with Gasteiger partial charge in [-0.25, -0.2) is 9.97 Å². The Morgan fingerprint density at radius 2 is 1.05 bits per heavy atom. The maximum Gasteiger partial charge on any atom is 0.427 e. The van der Waals surface area contributed by atoms with Gasteiger partial charge in [0.15, 0.2) is 5.13 Å². The minimum absolute atomic E-state index is 0.126. The summed E-state index contributed by atoms with van der Waals surface area (Å²) in [5, 5.41) is 7.21. The predicted molar refractivity (Wildman–Crippen MR) is 248 cm³/mol.